The molecular formula is C25H25N3O5. The molecule has 0 N–H and O–H groups in total. The Morgan fingerprint density at radius 2 is 1.48 bits per heavy atom. The van der Waals surface area contributed by atoms with Gasteiger partial charge < -0.3 is 14.0 Å². The molecule has 4 amide bonds. The van der Waals surface area contributed by atoms with Crippen LogP contribution in [-0.4, -0.2) is 60.0 Å². The third-order valence-corrected chi connectivity index (χ3v) is 5.85. The van der Waals surface area contributed by atoms with Crippen molar-refractivity contribution in [3.05, 3.63) is 65.4 Å². The van der Waals surface area contributed by atoms with Gasteiger partial charge in [-0.15, -0.1) is 0 Å². The van der Waals surface area contributed by atoms with Crippen LogP contribution in [0.25, 0.3) is 17.0 Å². The second kappa shape index (κ2) is 8.82. The van der Waals surface area contributed by atoms with E-state index < -0.39 is 17.8 Å². The molecule has 0 atom stereocenters. The van der Waals surface area contributed by atoms with Gasteiger partial charge in [0.25, 0.3) is 11.8 Å². The number of urea groups is 1. The molecule has 0 saturated carbocycles. The predicted molar refractivity (Wildman–Crippen MR) is 124 cm³/mol. The molecule has 8 heteroatoms. The zero-order valence-electron chi connectivity index (χ0n) is 19.0. The van der Waals surface area contributed by atoms with E-state index in [2.05, 4.69) is 4.57 Å². The lowest BCUT2D eigenvalue weighted by Crippen LogP contribution is -2.52. The summed E-state index contributed by atoms with van der Waals surface area (Å²) in [4.78, 5) is 39.3. The fourth-order valence-electron chi connectivity index (χ4n) is 4.03. The number of imide groups is 2. The molecule has 0 spiro atoms. The van der Waals surface area contributed by atoms with Crippen molar-refractivity contribution in [2.24, 2.45) is 0 Å². The predicted octanol–water partition coefficient (Wildman–Crippen LogP) is 3.47. The lowest BCUT2D eigenvalue weighted by molar-refractivity contribution is -0.134. The first kappa shape index (κ1) is 22.1. The SMILES string of the molecule is COc1ccccc1OCCn1c(C)c(C=C2C(=O)N(C)C(=O)N(C)C2=O)c2ccccc21. The zero-order valence-corrected chi connectivity index (χ0v) is 19.0. The average molecular weight is 447 g/mol. The van der Waals surface area contributed by atoms with Crippen molar-refractivity contribution < 1.29 is 23.9 Å². The fourth-order valence-corrected chi connectivity index (χ4v) is 4.03. The quantitative estimate of drug-likeness (QED) is 0.427. The van der Waals surface area contributed by atoms with Gasteiger partial charge in [0, 0.05) is 36.3 Å². The first-order chi connectivity index (χ1) is 15.8. The number of hydrogen-bond acceptors (Lipinski definition) is 5. The highest BCUT2D eigenvalue weighted by Gasteiger charge is 2.38. The number of nitrogens with zero attached hydrogens (tertiary/aromatic N) is 3. The number of para-hydroxylation sites is 3. The van der Waals surface area contributed by atoms with Gasteiger partial charge in [0.15, 0.2) is 11.5 Å². The summed E-state index contributed by atoms with van der Waals surface area (Å²) in [5.74, 6) is 0.0948. The minimum atomic E-state index is -0.644. The van der Waals surface area contributed by atoms with E-state index in [1.807, 2.05) is 55.5 Å². The Labute approximate surface area is 191 Å². The van der Waals surface area contributed by atoms with Crippen molar-refractivity contribution in [2.45, 2.75) is 13.5 Å². The smallest absolute Gasteiger partial charge is 0.333 e. The minimum absolute atomic E-state index is 0.0455. The van der Waals surface area contributed by atoms with Gasteiger partial charge in [-0.1, -0.05) is 30.3 Å². The van der Waals surface area contributed by atoms with Crippen molar-refractivity contribution in [3.8, 4) is 11.5 Å². The molecule has 4 rings (SSSR count). The van der Waals surface area contributed by atoms with E-state index in [0.29, 0.717) is 24.7 Å². The molecule has 33 heavy (non-hydrogen) atoms. The van der Waals surface area contributed by atoms with Gasteiger partial charge in [-0.2, -0.15) is 0 Å². The molecule has 1 aliphatic rings. The van der Waals surface area contributed by atoms with Gasteiger partial charge in [-0.25, -0.2) is 4.79 Å². The summed E-state index contributed by atoms with van der Waals surface area (Å²) in [6.45, 7) is 2.88. The third-order valence-electron chi connectivity index (χ3n) is 5.85. The van der Waals surface area contributed by atoms with E-state index in [0.717, 1.165) is 32.0 Å². The minimum Gasteiger partial charge on any atom is -0.493 e. The molecule has 0 radical (unpaired) electrons. The Morgan fingerprint density at radius 1 is 0.879 bits per heavy atom. The van der Waals surface area contributed by atoms with Crippen molar-refractivity contribution in [2.75, 3.05) is 27.8 Å². The first-order valence-electron chi connectivity index (χ1n) is 10.5. The van der Waals surface area contributed by atoms with Crippen LogP contribution in [0.2, 0.25) is 0 Å². The Balaban J connectivity index is 1.69. The van der Waals surface area contributed by atoms with Crippen molar-refractivity contribution in [1.29, 1.82) is 0 Å². The Morgan fingerprint density at radius 3 is 2.15 bits per heavy atom. The summed E-state index contributed by atoms with van der Waals surface area (Å²) in [5.41, 5.74) is 2.56. The lowest BCUT2D eigenvalue weighted by Gasteiger charge is -2.28. The van der Waals surface area contributed by atoms with E-state index in [4.69, 9.17) is 9.47 Å². The van der Waals surface area contributed by atoms with Gasteiger partial charge in [0.1, 0.15) is 12.2 Å². The van der Waals surface area contributed by atoms with Crippen LogP contribution in [0.15, 0.2) is 54.1 Å². The number of benzene rings is 2. The van der Waals surface area contributed by atoms with E-state index in [1.54, 1.807) is 13.2 Å². The number of hydrogen-bond donors (Lipinski definition) is 0. The summed E-state index contributed by atoms with van der Waals surface area (Å²) < 4.78 is 13.4. The van der Waals surface area contributed by atoms with E-state index in [1.165, 1.54) is 14.1 Å². The van der Waals surface area contributed by atoms with Crippen LogP contribution in [0, 0.1) is 6.92 Å². The number of barbiturate groups is 1. The maximum absolute atomic E-state index is 12.7. The number of amides is 4. The first-order valence-corrected chi connectivity index (χ1v) is 10.5. The lowest BCUT2D eigenvalue weighted by atomic mass is 10.0. The van der Waals surface area contributed by atoms with Gasteiger partial charge in [0.05, 0.1) is 13.7 Å². The van der Waals surface area contributed by atoms with Crippen LogP contribution >= 0.6 is 0 Å². The average Bonchev–Trinajstić information content (AvgIpc) is 3.10. The van der Waals surface area contributed by atoms with Crippen LogP contribution in [0.4, 0.5) is 4.79 Å². The van der Waals surface area contributed by atoms with Crippen LogP contribution in [-0.2, 0) is 16.1 Å². The molecule has 1 aromatic heterocycles. The zero-order chi connectivity index (χ0) is 23.7. The highest BCUT2D eigenvalue weighted by Crippen LogP contribution is 2.30. The highest BCUT2D eigenvalue weighted by atomic mass is 16.5. The van der Waals surface area contributed by atoms with Crippen LogP contribution < -0.4 is 9.47 Å². The number of likely N-dealkylation sites (N-methyl/N-ethyl adjacent to an activating group) is 2. The molecule has 1 fully saturated rings. The van der Waals surface area contributed by atoms with Gasteiger partial charge >= 0.3 is 6.03 Å². The van der Waals surface area contributed by atoms with Crippen LogP contribution in [0.1, 0.15) is 11.3 Å². The standard InChI is InChI=1S/C25H25N3O5/c1-16-18(15-19-23(29)26(2)25(31)27(3)24(19)30)17-9-5-6-10-20(17)28(16)13-14-33-22-12-8-7-11-21(22)32-4/h5-12,15H,13-14H2,1-4H3. The number of aromatic nitrogens is 1. The highest BCUT2D eigenvalue weighted by molar-refractivity contribution is 6.31. The number of methoxy groups -OCH3 is 1. The largest absolute Gasteiger partial charge is 0.493 e. The molecule has 1 aliphatic heterocycles. The Kier molecular flexibility index (Phi) is 5.91. The topological polar surface area (TPSA) is 81.1 Å². The van der Waals surface area contributed by atoms with Crippen molar-refractivity contribution in [3.63, 3.8) is 0 Å². The molecular weight excluding hydrogens is 422 g/mol. The Hall–Kier alpha value is -4.07. The van der Waals surface area contributed by atoms with Gasteiger partial charge in [0.2, 0.25) is 0 Å². The fraction of sp³-hybridized carbons (Fsp3) is 0.240. The van der Waals surface area contributed by atoms with Crippen LogP contribution in [0.5, 0.6) is 11.5 Å². The molecule has 0 aliphatic carbocycles. The molecule has 170 valence electrons. The maximum Gasteiger partial charge on any atom is 0.333 e. The monoisotopic (exact) mass is 447 g/mol. The summed E-state index contributed by atoms with van der Waals surface area (Å²) >= 11 is 0. The number of ether oxygens (including phenoxy) is 2. The maximum atomic E-state index is 12.7. The summed E-state index contributed by atoms with van der Waals surface area (Å²) in [6.07, 6.45) is 1.58. The number of rotatable bonds is 6. The van der Waals surface area contributed by atoms with Gasteiger partial charge in [-0.3, -0.25) is 19.4 Å². The third kappa shape index (κ3) is 3.84. The second-order valence-corrected chi connectivity index (χ2v) is 7.74. The van der Waals surface area contributed by atoms with E-state index >= 15 is 0 Å². The number of carbonyl (C=O) groups is 3. The molecule has 3 aromatic rings. The number of fused-ring (bicyclic) bond motifs is 1. The summed E-state index contributed by atoms with van der Waals surface area (Å²) in [7, 11) is 4.33. The van der Waals surface area contributed by atoms with E-state index in [-0.39, 0.29) is 5.57 Å². The van der Waals surface area contributed by atoms with Gasteiger partial charge in [-0.05, 0) is 31.2 Å². The molecule has 2 aromatic carbocycles. The normalized spacial score (nSPS) is 14.3. The van der Waals surface area contributed by atoms with E-state index in [9.17, 15) is 14.4 Å². The Bertz CT molecular complexity index is 1260. The van der Waals surface area contributed by atoms with Crippen LogP contribution in [0.3, 0.4) is 0 Å². The second-order valence-electron chi connectivity index (χ2n) is 7.74. The molecule has 1 saturated heterocycles. The molecule has 8 nitrogen and oxygen atoms in total. The van der Waals surface area contributed by atoms with Crippen molar-refractivity contribution in [1.82, 2.24) is 14.4 Å². The molecule has 0 unspecified atom stereocenters. The molecule has 2 heterocycles. The molecule has 0 bridgehead atoms. The number of carbonyl (C=O) groups excluding carboxylic acids is 3. The summed E-state index contributed by atoms with van der Waals surface area (Å²) in [6, 6.07) is 14.6. The van der Waals surface area contributed by atoms with Crippen molar-refractivity contribution >= 4 is 34.8 Å². The summed E-state index contributed by atoms with van der Waals surface area (Å²) in [5, 5.41) is 0.905.